The van der Waals surface area contributed by atoms with Gasteiger partial charge in [0.2, 0.25) is 0 Å². The molecule has 14 heavy (non-hydrogen) atoms. The van der Waals surface area contributed by atoms with Crippen LogP contribution in [-0.2, 0) is 9.63 Å². The first kappa shape index (κ1) is 11.3. The van der Waals surface area contributed by atoms with Gasteiger partial charge in [-0.3, -0.25) is 9.63 Å². The average Bonchev–Trinajstić information content (AvgIpc) is 1.97. The van der Waals surface area contributed by atoms with E-state index in [1.165, 1.54) is 0 Å². The zero-order valence-electron chi connectivity index (χ0n) is 7.36. The second kappa shape index (κ2) is 3.74. The molecule has 1 saturated carbocycles. The summed E-state index contributed by atoms with van der Waals surface area (Å²) in [5, 5.41) is 0. The quantitative estimate of drug-likeness (QED) is 0.669. The average molecular weight is 212 g/mol. The molecule has 1 rings (SSSR count). The molecule has 1 amide bonds. The van der Waals surface area contributed by atoms with Gasteiger partial charge in [-0.2, -0.15) is 13.2 Å². The third-order valence-corrected chi connectivity index (χ3v) is 2.10. The summed E-state index contributed by atoms with van der Waals surface area (Å²) in [6, 6.07) is 0. The van der Waals surface area contributed by atoms with E-state index >= 15 is 0 Å². The van der Waals surface area contributed by atoms with Crippen LogP contribution in [0.5, 0.6) is 0 Å². The van der Waals surface area contributed by atoms with E-state index in [1.807, 2.05) is 0 Å². The lowest BCUT2D eigenvalue weighted by atomic mass is 9.77. The minimum Gasteiger partial charge on any atom is -0.317 e. The van der Waals surface area contributed by atoms with Crippen LogP contribution < -0.4 is 11.2 Å². The fourth-order valence-corrected chi connectivity index (χ4v) is 1.07. The lowest BCUT2D eigenvalue weighted by Gasteiger charge is -2.35. The maximum Gasteiger partial charge on any atom is 0.414 e. The fraction of sp³-hybridized carbons (Fsp3) is 0.857. The summed E-state index contributed by atoms with van der Waals surface area (Å²) in [5.74, 6) is -0.687. The van der Waals surface area contributed by atoms with Gasteiger partial charge in [-0.15, -0.1) is 0 Å². The third kappa shape index (κ3) is 2.85. The molecule has 0 aromatic rings. The van der Waals surface area contributed by atoms with E-state index in [0.29, 0.717) is 12.8 Å². The molecule has 0 aromatic carbocycles. The van der Waals surface area contributed by atoms with Crippen molar-refractivity contribution in [2.75, 3.05) is 6.61 Å². The van der Waals surface area contributed by atoms with Crippen molar-refractivity contribution in [3.63, 3.8) is 0 Å². The highest BCUT2D eigenvalue weighted by atomic mass is 19.4. The van der Waals surface area contributed by atoms with E-state index < -0.39 is 24.2 Å². The summed E-state index contributed by atoms with van der Waals surface area (Å²) in [5.41, 5.74) is 6.18. The Bertz CT molecular complexity index is 225. The summed E-state index contributed by atoms with van der Waals surface area (Å²) in [4.78, 5) is 15.1. The SMILES string of the molecule is NC1(C(=O)NOCC(F)(F)F)CCC1. The third-order valence-electron chi connectivity index (χ3n) is 2.10. The first-order valence-corrected chi connectivity index (χ1v) is 4.11. The number of amides is 1. The summed E-state index contributed by atoms with van der Waals surface area (Å²) in [6.07, 6.45) is -2.68. The van der Waals surface area contributed by atoms with Crippen molar-refractivity contribution in [3.8, 4) is 0 Å². The monoisotopic (exact) mass is 212 g/mol. The lowest BCUT2D eigenvalue weighted by Crippen LogP contribution is -2.58. The summed E-state index contributed by atoms with van der Waals surface area (Å²) < 4.78 is 34.8. The molecule has 0 atom stereocenters. The maximum absolute atomic E-state index is 11.6. The summed E-state index contributed by atoms with van der Waals surface area (Å²) >= 11 is 0. The van der Waals surface area contributed by atoms with Gasteiger partial charge >= 0.3 is 6.18 Å². The maximum atomic E-state index is 11.6. The smallest absolute Gasteiger partial charge is 0.317 e. The highest BCUT2D eigenvalue weighted by molar-refractivity contribution is 5.86. The van der Waals surface area contributed by atoms with Crippen molar-refractivity contribution in [2.45, 2.75) is 31.0 Å². The van der Waals surface area contributed by atoms with E-state index in [9.17, 15) is 18.0 Å². The van der Waals surface area contributed by atoms with E-state index in [-0.39, 0.29) is 0 Å². The molecule has 0 unspecified atom stereocenters. The topological polar surface area (TPSA) is 64.4 Å². The van der Waals surface area contributed by atoms with Crippen LogP contribution in [0.2, 0.25) is 0 Å². The zero-order chi connectivity index (χ0) is 10.8. The van der Waals surface area contributed by atoms with Crippen LogP contribution in [0.3, 0.4) is 0 Å². The van der Waals surface area contributed by atoms with Gasteiger partial charge in [-0.25, -0.2) is 5.48 Å². The van der Waals surface area contributed by atoms with Gasteiger partial charge in [0, 0.05) is 0 Å². The van der Waals surface area contributed by atoms with Crippen LogP contribution in [0.15, 0.2) is 0 Å². The largest absolute Gasteiger partial charge is 0.414 e. The molecule has 0 heterocycles. The number of carbonyl (C=O) groups excluding carboxylic acids is 1. The molecule has 0 bridgehead atoms. The van der Waals surface area contributed by atoms with Gasteiger partial charge in [0.1, 0.15) is 0 Å². The number of hydrogen-bond acceptors (Lipinski definition) is 3. The Labute approximate surface area is 78.5 Å². The highest BCUT2D eigenvalue weighted by Gasteiger charge is 2.40. The van der Waals surface area contributed by atoms with Gasteiger partial charge in [-0.05, 0) is 19.3 Å². The van der Waals surface area contributed by atoms with E-state index in [1.54, 1.807) is 5.48 Å². The highest BCUT2D eigenvalue weighted by Crippen LogP contribution is 2.29. The zero-order valence-corrected chi connectivity index (χ0v) is 7.36. The van der Waals surface area contributed by atoms with Crippen molar-refractivity contribution in [1.29, 1.82) is 0 Å². The van der Waals surface area contributed by atoms with Crippen molar-refractivity contribution in [2.24, 2.45) is 5.73 Å². The normalized spacial score (nSPS) is 20.0. The minimum atomic E-state index is -4.45. The molecule has 1 fully saturated rings. The van der Waals surface area contributed by atoms with Crippen molar-refractivity contribution in [3.05, 3.63) is 0 Å². The van der Waals surface area contributed by atoms with Crippen LogP contribution in [-0.4, -0.2) is 24.2 Å². The number of hydroxylamine groups is 1. The van der Waals surface area contributed by atoms with Crippen LogP contribution >= 0.6 is 0 Å². The van der Waals surface area contributed by atoms with Crippen LogP contribution in [0.1, 0.15) is 19.3 Å². The number of alkyl halides is 3. The van der Waals surface area contributed by atoms with E-state index in [0.717, 1.165) is 6.42 Å². The van der Waals surface area contributed by atoms with Gasteiger partial charge in [0.25, 0.3) is 5.91 Å². The van der Waals surface area contributed by atoms with Gasteiger partial charge in [0.15, 0.2) is 6.61 Å². The molecular formula is C7H11F3N2O2. The molecule has 1 aliphatic carbocycles. The molecule has 0 spiro atoms. The Hall–Kier alpha value is -0.820. The van der Waals surface area contributed by atoms with E-state index in [4.69, 9.17) is 5.73 Å². The van der Waals surface area contributed by atoms with Crippen LogP contribution in [0.4, 0.5) is 13.2 Å². The Kier molecular flexibility index (Phi) is 3.01. The molecule has 82 valence electrons. The number of hydrogen-bond donors (Lipinski definition) is 2. The van der Waals surface area contributed by atoms with Crippen molar-refractivity contribution < 1.29 is 22.8 Å². The number of nitrogens with two attached hydrogens (primary N) is 1. The fourth-order valence-electron chi connectivity index (χ4n) is 1.07. The second-order valence-corrected chi connectivity index (χ2v) is 3.34. The summed E-state index contributed by atoms with van der Waals surface area (Å²) in [6.45, 7) is -1.51. The first-order chi connectivity index (χ1) is 6.33. The Morgan fingerprint density at radius 2 is 2.07 bits per heavy atom. The first-order valence-electron chi connectivity index (χ1n) is 4.11. The predicted octanol–water partition coefficient (Wildman–Crippen LogP) is 0.478. The molecule has 0 aliphatic heterocycles. The molecule has 3 N–H and O–H groups in total. The van der Waals surface area contributed by atoms with Crippen LogP contribution in [0, 0.1) is 0 Å². The predicted molar refractivity (Wildman–Crippen MR) is 40.9 cm³/mol. The Morgan fingerprint density at radius 1 is 1.50 bits per heavy atom. The van der Waals surface area contributed by atoms with Crippen LogP contribution in [0.25, 0.3) is 0 Å². The lowest BCUT2D eigenvalue weighted by molar-refractivity contribution is -0.194. The second-order valence-electron chi connectivity index (χ2n) is 3.34. The molecule has 1 aliphatic rings. The number of rotatable bonds is 3. The van der Waals surface area contributed by atoms with E-state index in [2.05, 4.69) is 4.84 Å². The van der Waals surface area contributed by atoms with Crippen molar-refractivity contribution >= 4 is 5.91 Å². The molecule has 0 aromatic heterocycles. The molecule has 4 nitrogen and oxygen atoms in total. The molecule has 7 heteroatoms. The number of carbonyl (C=O) groups is 1. The molecule has 0 radical (unpaired) electrons. The van der Waals surface area contributed by atoms with Crippen molar-refractivity contribution in [1.82, 2.24) is 5.48 Å². The number of nitrogens with one attached hydrogen (secondary N) is 1. The van der Waals surface area contributed by atoms with Gasteiger partial charge in [-0.1, -0.05) is 0 Å². The Morgan fingerprint density at radius 3 is 2.43 bits per heavy atom. The summed E-state index contributed by atoms with van der Waals surface area (Å²) in [7, 11) is 0. The van der Waals surface area contributed by atoms with Gasteiger partial charge < -0.3 is 5.73 Å². The Balaban J connectivity index is 2.22. The minimum absolute atomic E-state index is 0.480. The standard InChI is InChI=1S/C7H11F3N2O2/c8-7(9,10)4-14-12-5(13)6(11)2-1-3-6/h1-4,11H2,(H,12,13). The molecular weight excluding hydrogens is 201 g/mol. The van der Waals surface area contributed by atoms with Gasteiger partial charge in [0.05, 0.1) is 5.54 Å². The number of halogens is 3. The molecule has 0 saturated heterocycles.